The van der Waals surface area contributed by atoms with Crippen LogP contribution in [0.2, 0.25) is 0 Å². The van der Waals surface area contributed by atoms with Gasteiger partial charge in [-0.15, -0.1) is 0 Å². The number of anilines is 1. The van der Waals surface area contributed by atoms with E-state index in [9.17, 15) is 13.2 Å². The van der Waals surface area contributed by atoms with E-state index in [0.717, 1.165) is 18.5 Å². The lowest BCUT2D eigenvalue weighted by atomic mass is 10.1. The second-order valence-electron chi connectivity index (χ2n) is 6.69. The zero-order valence-corrected chi connectivity index (χ0v) is 16.9. The zero-order chi connectivity index (χ0) is 20.0. The maximum atomic E-state index is 13.1. The van der Waals surface area contributed by atoms with E-state index in [-0.39, 0.29) is 10.8 Å². The predicted molar refractivity (Wildman–Crippen MR) is 109 cm³/mol. The Bertz CT molecular complexity index is 876. The molecule has 1 fully saturated rings. The SMILES string of the molecule is CCCCN(C(=O)c1ccc(S(=O)(=O)N2CCOCC2)cc1)c1ccccc1. The third kappa shape index (κ3) is 4.60. The molecule has 1 amide bonds. The van der Waals surface area contributed by atoms with Gasteiger partial charge in [0.25, 0.3) is 5.91 Å². The number of para-hydroxylation sites is 1. The average Bonchev–Trinajstić information content (AvgIpc) is 2.75. The molecule has 1 aliphatic heterocycles. The van der Waals surface area contributed by atoms with Crippen molar-refractivity contribution in [3.8, 4) is 0 Å². The summed E-state index contributed by atoms with van der Waals surface area (Å²) in [5.41, 5.74) is 1.31. The van der Waals surface area contributed by atoms with Gasteiger partial charge in [0.15, 0.2) is 0 Å². The number of rotatable bonds is 7. The van der Waals surface area contributed by atoms with Gasteiger partial charge >= 0.3 is 0 Å². The molecule has 6 nitrogen and oxygen atoms in total. The van der Waals surface area contributed by atoms with E-state index >= 15 is 0 Å². The molecule has 150 valence electrons. The highest BCUT2D eigenvalue weighted by molar-refractivity contribution is 7.89. The van der Waals surface area contributed by atoms with E-state index < -0.39 is 10.0 Å². The zero-order valence-electron chi connectivity index (χ0n) is 16.1. The Balaban J connectivity index is 1.81. The maximum absolute atomic E-state index is 13.1. The van der Waals surface area contributed by atoms with E-state index in [0.29, 0.717) is 38.4 Å². The molecule has 0 saturated carbocycles. The number of carbonyl (C=O) groups excluding carboxylic acids is 1. The van der Waals surface area contributed by atoms with Crippen LogP contribution in [0.4, 0.5) is 5.69 Å². The molecule has 2 aromatic carbocycles. The van der Waals surface area contributed by atoms with Crippen LogP contribution in [0, 0.1) is 0 Å². The molecule has 0 bridgehead atoms. The van der Waals surface area contributed by atoms with Crippen LogP contribution >= 0.6 is 0 Å². The monoisotopic (exact) mass is 402 g/mol. The number of benzene rings is 2. The fourth-order valence-electron chi connectivity index (χ4n) is 3.13. The number of unbranched alkanes of at least 4 members (excludes halogenated alkanes) is 1. The molecule has 0 atom stereocenters. The molecule has 0 aliphatic carbocycles. The fraction of sp³-hybridized carbons (Fsp3) is 0.381. The van der Waals surface area contributed by atoms with Gasteiger partial charge in [0, 0.05) is 30.9 Å². The Kier molecular flexibility index (Phi) is 6.83. The van der Waals surface area contributed by atoms with Gasteiger partial charge in [-0.25, -0.2) is 8.42 Å². The number of ether oxygens (including phenoxy) is 1. The van der Waals surface area contributed by atoms with Gasteiger partial charge in [-0.05, 0) is 42.8 Å². The van der Waals surface area contributed by atoms with Crippen LogP contribution in [0.5, 0.6) is 0 Å². The van der Waals surface area contributed by atoms with Crippen molar-refractivity contribution in [3.05, 3.63) is 60.2 Å². The van der Waals surface area contributed by atoms with E-state index in [2.05, 4.69) is 6.92 Å². The second kappa shape index (κ2) is 9.32. The normalized spacial score (nSPS) is 15.3. The quantitative estimate of drug-likeness (QED) is 0.714. The van der Waals surface area contributed by atoms with Crippen LogP contribution in [0.15, 0.2) is 59.5 Å². The van der Waals surface area contributed by atoms with Gasteiger partial charge in [0.2, 0.25) is 10.0 Å². The summed E-state index contributed by atoms with van der Waals surface area (Å²) in [7, 11) is -3.56. The van der Waals surface area contributed by atoms with Crippen molar-refractivity contribution in [3.63, 3.8) is 0 Å². The molecule has 3 rings (SSSR count). The van der Waals surface area contributed by atoms with E-state index in [1.165, 1.54) is 16.4 Å². The van der Waals surface area contributed by atoms with Crippen molar-refractivity contribution >= 4 is 21.6 Å². The molecule has 0 spiro atoms. The highest BCUT2D eigenvalue weighted by atomic mass is 32.2. The Morgan fingerprint density at radius 1 is 1.04 bits per heavy atom. The molecule has 1 heterocycles. The second-order valence-corrected chi connectivity index (χ2v) is 8.62. The standard InChI is InChI=1S/C21H26N2O4S/c1-2-3-13-23(19-7-5-4-6-8-19)21(24)18-9-11-20(12-10-18)28(25,26)22-14-16-27-17-15-22/h4-12H,2-3,13-17H2,1H3. The molecule has 0 unspecified atom stereocenters. The Labute approximate surface area is 166 Å². The Morgan fingerprint density at radius 3 is 2.29 bits per heavy atom. The number of hydrogen-bond acceptors (Lipinski definition) is 4. The number of amides is 1. The number of morpholine rings is 1. The minimum absolute atomic E-state index is 0.130. The van der Waals surface area contributed by atoms with Crippen LogP contribution in [0.25, 0.3) is 0 Å². The molecule has 0 radical (unpaired) electrons. The number of hydrogen-bond donors (Lipinski definition) is 0. The molecular formula is C21H26N2O4S. The average molecular weight is 403 g/mol. The van der Waals surface area contributed by atoms with E-state index in [1.54, 1.807) is 17.0 Å². The minimum atomic E-state index is -3.56. The topological polar surface area (TPSA) is 66.9 Å². The summed E-state index contributed by atoms with van der Waals surface area (Å²) in [6, 6.07) is 15.8. The third-order valence-electron chi connectivity index (χ3n) is 4.76. The smallest absolute Gasteiger partial charge is 0.258 e. The summed E-state index contributed by atoms with van der Waals surface area (Å²) < 4.78 is 32.1. The van der Waals surface area contributed by atoms with Gasteiger partial charge < -0.3 is 9.64 Å². The summed E-state index contributed by atoms with van der Waals surface area (Å²) in [4.78, 5) is 15.0. The summed E-state index contributed by atoms with van der Waals surface area (Å²) in [5, 5.41) is 0. The molecule has 1 saturated heterocycles. The van der Waals surface area contributed by atoms with Crippen molar-refractivity contribution < 1.29 is 17.9 Å². The Morgan fingerprint density at radius 2 is 1.68 bits per heavy atom. The van der Waals surface area contributed by atoms with E-state index in [1.807, 2.05) is 30.3 Å². The predicted octanol–water partition coefficient (Wildman–Crippen LogP) is 3.15. The van der Waals surface area contributed by atoms with Crippen molar-refractivity contribution in [1.29, 1.82) is 0 Å². The van der Waals surface area contributed by atoms with Gasteiger partial charge in [-0.1, -0.05) is 31.5 Å². The first-order valence-corrected chi connectivity index (χ1v) is 11.0. The van der Waals surface area contributed by atoms with Crippen LogP contribution in [-0.4, -0.2) is 51.5 Å². The molecule has 0 aromatic heterocycles. The lowest BCUT2D eigenvalue weighted by Gasteiger charge is -2.26. The summed E-state index contributed by atoms with van der Waals surface area (Å²) in [6.07, 6.45) is 1.87. The third-order valence-corrected chi connectivity index (χ3v) is 6.67. The highest BCUT2D eigenvalue weighted by Gasteiger charge is 2.26. The van der Waals surface area contributed by atoms with Crippen molar-refractivity contribution in [2.45, 2.75) is 24.7 Å². The summed E-state index contributed by atoms with van der Waals surface area (Å²) >= 11 is 0. The van der Waals surface area contributed by atoms with Gasteiger partial charge in [0.1, 0.15) is 0 Å². The molecule has 28 heavy (non-hydrogen) atoms. The first kappa shape index (κ1) is 20.5. The summed E-state index contributed by atoms with van der Waals surface area (Å²) in [5.74, 6) is -0.130. The van der Waals surface area contributed by atoms with Gasteiger partial charge in [-0.3, -0.25) is 4.79 Å². The number of carbonyl (C=O) groups is 1. The van der Waals surface area contributed by atoms with Crippen LogP contribution in [-0.2, 0) is 14.8 Å². The highest BCUT2D eigenvalue weighted by Crippen LogP contribution is 2.21. The fourth-order valence-corrected chi connectivity index (χ4v) is 4.54. The molecule has 2 aromatic rings. The lowest BCUT2D eigenvalue weighted by Crippen LogP contribution is -2.40. The van der Waals surface area contributed by atoms with Crippen LogP contribution in [0.3, 0.4) is 0 Å². The van der Waals surface area contributed by atoms with E-state index in [4.69, 9.17) is 4.74 Å². The first-order chi connectivity index (χ1) is 13.5. The number of nitrogens with zero attached hydrogens (tertiary/aromatic N) is 2. The largest absolute Gasteiger partial charge is 0.379 e. The van der Waals surface area contributed by atoms with Gasteiger partial charge in [0.05, 0.1) is 18.1 Å². The Hall–Kier alpha value is -2.22. The number of sulfonamides is 1. The van der Waals surface area contributed by atoms with Crippen molar-refractivity contribution in [2.24, 2.45) is 0 Å². The first-order valence-electron chi connectivity index (χ1n) is 9.59. The molecule has 1 aliphatic rings. The molecule has 0 N–H and O–H groups in total. The van der Waals surface area contributed by atoms with Crippen molar-refractivity contribution in [1.82, 2.24) is 4.31 Å². The maximum Gasteiger partial charge on any atom is 0.258 e. The van der Waals surface area contributed by atoms with Crippen LogP contribution < -0.4 is 4.90 Å². The summed E-state index contributed by atoms with van der Waals surface area (Å²) in [6.45, 7) is 4.20. The van der Waals surface area contributed by atoms with Crippen molar-refractivity contribution in [2.75, 3.05) is 37.7 Å². The minimum Gasteiger partial charge on any atom is -0.379 e. The van der Waals surface area contributed by atoms with Gasteiger partial charge in [-0.2, -0.15) is 4.31 Å². The molecular weight excluding hydrogens is 376 g/mol. The lowest BCUT2D eigenvalue weighted by molar-refractivity contribution is 0.0730. The molecule has 7 heteroatoms. The van der Waals surface area contributed by atoms with Crippen LogP contribution in [0.1, 0.15) is 30.1 Å².